The third kappa shape index (κ3) is 5.64. The van der Waals surface area contributed by atoms with Crippen molar-refractivity contribution in [2.24, 2.45) is 10.9 Å². The molecule has 0 aromatic heterocycles. The van der Waals surface area contributed by atoms with Gasteiger partial charge in [-0.05, 0) is 69.7 Å². The van der Waals surface area contributed by atoms with Gasteiger partial charge in [-0.3, -0.25) is 9.89 Å². The van der Waals surface area contributed by atoms with Gasteiger partial charge in [-0.2, -0.15) is 0 Å². The van der Waals surface area contributed by atoms with Gasteiger partial charge >= 0.3 is 0 Å². The van der Waals surface area contributed by atoms with Crippen molar-refractivity contribution >= 4 is 5.96 Å². The second kappa shape index (κ2) is 9.96. The van der Waals surface area contributed by atoms with Crippen LogP contribution in [0.4, 0.5) is 4.39 Å². The number of rotatable bonds is 8. The van der Waals surface area contributed by atoms with E-state index in [-0.39, 0.29) is 18.0 Å². The lowest BCUT2D eigenvalue weighted by molar-refractivity contribution is -0.0432. The summed E-state index contributed by atoms with van der Waals surface area (Å²) >= 11 is 0. The van der Waals surface area contributed by atoms with E-state index >= 15 is 0 Å². The first kappa shape index (κ1) is 21.4. The van der Waals surface area contributed by atoms with E-state index in [1.807, 2.05) is 19.9 Å². The molecule has 0 spiro atoms. The van der Waals surface area contributed by atoms with Crippen LogP contribution in [-0.2, 0) is 4.74 Å². The molecule has 2 saturated heterocycles. The van der Waals surface area contributed by atoms with E-state index in [1.165, 1.54) is 32.2 Å². The van der Waals surface area contributed by atoms with Gasteiger partial charge < -0.3 is 20.1 Å². The predicted molar refractivity (Wildman–Crippen MR) is 116 cm³/mol. The van der Waals surface area contributed by atoms with Crippen molar-refractivity contribution < 1.29 is 13.9 Å². The van der Waals surface area contributed by atoms with Crippen molar-refractivity contribution in [1.29, 1.82) is 0 Å². The average molecular weight is 419 g/mol. The summed E-state index contributed by atoms with van der Waals surface area (Å²) in [7, 11) is 0. The summed E-state index contributed by atoms with van der Waals surface area (Å²) in [5, 5.41) is 6.68. The van der Waals surface area contributed by atoms with Gasteiger partial charge in [0, 0.05) is 19.1 Å². The number of morpholine rings is 1. The number of hydrogen-bond donors (Lipinski definition) is 2. The molecular formula is C23H35FN4O2. The lowest BCUT2D eigenvalue weighted by Gasteiger charge is -2.34. The monoisotopic (exact) mass is 418 g/mol. The lowest BCUT2D eigenvalue weighted by Crippen LogP contribution is -2.47. The molecule has 2 N–H and O–H groups in total. The van der Waals surface area contributed by atoms with Crippen molar-refractivity contribution in [1.82, 2.24) is 15.5 Å². The minimum absolute atomic E-state index is 0.0787. The molecular weight excluding hydrogens is 383 g/mol. The summed E-state index contributed by atoms with van der Waals surface area (Å²) in [6.45, 7) is 9.00. The minimum Gasteiger partial charge on any atom is -0.490 e. The molecule has 0 bridgehead atoms. The summed E-state index contributed by atoms with van der Waals surface area (Å²) in [5.74, 6) is 1.37. The number of nitrogens with one attached hydrogen (secondary N) is 2. The number of guanidine groups is 1. The molecule has 1 saturated carbocycles. The van der Waals surface area contributed by atoms with Gasteiger partial charge in [-0.1, -0.05) is 6.07 Å². The average Bonchev–Trinajstić information content (AvgIpc) is 3.46. The van der Waals surface area contributed by atoms with Gasteiger partial charge in [0.2, 0.25) is 0 Å². The van der Waals surface area contributed by atoms with Gasteiger partial charge in [-0.25, -0.2) is 4.39 Å². The predicted octanol–water partition coefficient (Wildman–Crippen LogP) is 3.09. The molecule has 2 heterocycles. The molecule has 0 radical (unpaired) electrons. The summed E-state index contributed by atoms with van der Waals surface area (Å²) in [6.07, 6.45) is 5.03. The largest absolute Gasteiger partial charge is 0.490 e. The lowest BCUT2D eigenvalue weighted by atomic mass is 10.1. The number of nitrogens with zero attached hydrogens (tertiary/aromatic N) is 2. The molecule has 6 nitrogen and oxygen atoms in total. The van der Waals surface area contributed by atoms with Crippen molar-refractivity contribution in [2.75, 3.05) is 39.4 Å². The fraction of sp³-hybridized carbons (Fsp3) is 0.696. The second-order valence-corrected chi connectivity index (χ2v) is 8.78. The summed E-state index contributed by atoms with van der Waals surface area (Å²) in [4.78, 5) is 7.27. The number of halogens is 1. The van der Waals surface area contributed by atoms with Crippen molar-refractivity contribution in [3.05, 3.63) is 29.6 Å². The summed E-state index contributed by atoms with van der Waals surface area (Å²) in [5.41, 5.74) is 0.866. The van der Waals surface area contributed by atoms with Gasteiger partial charge in [0.15, 0.2) is 17.5 Å². The molecule has 4 rings (SSSR count). The van der Waals surface area contributed by atoms with Crippen LogP contribution in [0.5, 0.6) is 5.75 Å². The third-order valence-electron chi connectivity index (χ3n) is 6.24. The van der Waals surface area contributed by atoms with E-state index in [0.29, 0.717) is 30.9 Å². The number of benzene rings is 1. The first-order valence-corrected chi connectivity index (χ1v) is 11.4. The molecule has 30 heavy (non-hydrogen) atoms. The number of ether oxygens (including phenoxy) is 2. The maximum atomic E-state index is 14.4. The SMILES string of the molecule is CCNC(=NCC1CN2CCCC2CO1)NC(C)c1ccc(OCC2CC2)c(F)c1. The van der Waals surface area contributed by atoms with Crippen LogP contribution in [0.1, 0.15) is 51.1 Å². The molecule has 1 aromatic carbocycles. The Kier molecular flexibility index (Phi) is 7.10. The Labute approximate surface area is 179 Å². The van der Waals surface area contributed by atoms with E-state index in [9.17, 15) is 4.39 Å². The Morgan fingerprint density at radius 3 is 3.00 bits per heavy atom. The van der Waals surface area contributed by atoms with Crippen LogP contribution in [0, 0.1) is 11.7 Å². The number of aliphatic imine (C=N–C) groups is 1. The Balaban J connectivity index is 1.32. The highest BCUT2D eigenvalue weighted by Gasteiger charge is 2.32. The van der Waals surface area contributed by atoms with Crippen LogP contribution in [0.25, 0.3) is 0 Å². The topological polar surface area (TPSA) is 58.1 Å². The molecule has 3 unspecified atom stereocenters. The Morgan fingerprint density at radius 2 is 2.23 bits per heavy atom. The smallest absolute Gasteiger partial charge is 0.191 e. The van der Waals surface area contributed by atoms with Gasteiger partial charge in [-0.15, -0.1) is 0 Å². The maximum Gasteiger partial charge on any atom is 0.191 e. The molecule has 3 fully saturated rings. The van der Waals surface area contributed by atoms with Crippen LogP contribution in [0.2, 0.25) is 0 Å². The quantitative estimate of drug-likeness (QED) is 0.502. The second-order valence-electron chi connectivity index (χ2n) is 8.78. The molecule has 0 amide bonds. The van der Waals surface area contributed by atoms with Crippen molar-refractivity contribution in [3.8, 4) is 5.75 Å². The zero-order chi connectivity index (χ0) is 20.9. The van der Waals surface area contributed by atoms with Crippen LogP contribution in [0.15, 0.2) is 23.2 Å². The highest BCUT2D eigenvalue weighted by molar-refractivity contribution is 5.80. The number of fused-ring (bicyclic) bond motifs is 1. The normalized spacial score (nSPS) is 25.6. The van der Waals surface area contributed by atoms with Crippen LogP contribution < -0.4 is 15.4 Å². The van der Waals surface area contributed by atoms with E-state index in [0.717, 1.165) is 31.2 Å². The molecule has 1 aromatic rings. The van der Waals surface area contributed by atoms with E-state index in [1.54, 1.807) is 12.1 Å². The van der Waals surface area contributed by atoms with Gasteiger partial charge in [0.25, 0.3) is 0 Å². The summed E-state index contributed by atoms with van der Waals surface area (Å²) in [6, 6.07) is 5.73. The summed E-state index contributed by atoms with van der Waals surface area (Å²) < 4.78 is 26.1. The molecule has 3 aliphatic rings. The highest BCUT2D eigenvalue weighted by atomic mass is 19.1. The van der Waals surface area contributed by atoms with Crippen molar-refractivity contribution in [3.63, 3.8) is 0 Å². The molecule has 3 atom stereocenters. The first-order valence-electron chi connectivity index (χ1n) is 11.4. The minimum atomic E-state index is -0.306. The van der Waals surface area contributed by atoms with E-state index < -0.39 is 0 Å². The molecule has 2 aliphatic heterocycles. The van der Waals surface area contributed by atoms with Crippen LogP contribution in [-0.4, -0.2) is 62.4 Å². The van der Waals surface area contributed by atoms with Crippen molar-refractivity contribution in [2.45, 2.75) is 57.7 Å². The number of hydrogen-bond acceptors (Lipinski definition) is 4. The molecule has 7 heteroatoms. The standard InChI is InChI=1S/C23H35FN4O2/c1-3-25-23(26-12-20-13-28-10-4-5-19(28)15-29-20)27-16(2)18-8-9-22(21(24)11-18)30-14-17-6-7-17/h8-9,11,16-17,19-20H,3-7,10,12-15H2,1-2H3,(H2,25,26,27). The Morgan fingerprint density at radius 1 is 1.37 bits per heavy atom. The zero-order valence-electron chi connectivity index (χ0n) is 18.2. The molecule has 166 valence electrons. The van der Waals surface area contributed by atoms with E-state index in [4.69, 9.17) is 14.5 Å². The van der Waals surface area contributed by atoms with E-state index in [2.05, 4.69) is 15.5 Å². The molecule has 1 aliphatic carbocycles. The van der Waals surface area contributed by atoms with Crippen LogP contribution in [0.3, 0.4) is 0 Å². The maximum absolute atomic E-state index is 14.4. The third-order valence-corrected chi connectivity index (χ3v) is 6.24. The van der Waals surface area contributed by atoms with Gasteiger partial charge in [0.1, 0.15) is 0 Å². The fourth-order valence-electron chi connectivity index (χ4n) is 4.19. The highest BCUT2D eigenvalue weighted by Crippen LogP contribution is 2.30. The fourth-order valence-corrected chi connectivity index (χ4v) is 4.19. The Hall–Kier alpha value is -1.86. The Bertz CT molecular complexity index is 740. The zero-order valence-corrected chi connectivity index (χ0v) is 18.2. The van der Waals surface area contributed by atoms with Gasteiger partial charge in [0.05, 0.1) is 31.9 Å². The first-order chi connectivity index (χ1) is 14.6. The van der Waals surface area contributed by atoms with Crippen LogP contribution >= 0.6 is 0 Å².